The molecule has 2 aromatic heterocycles. The van der Waals surface area contributed by atoms with Crippen molar-refractivity contribution in [1.82, 2.24) is 4.98 Å². The molecule has 0 radical (unpaired) electrons. The summed E-state index contributed by atoms with van der Waals surface area (Å²) in [4.78, 5) is 16.8. The molecule has 2 rings (SSSR count). The van der Waals surface area contributed by atoms with Gasteiger partial charge in [-0.15, -0.1) is 22.7 Å². The fraction of sp³-hybridized carbons (Fsp3) is 0.385. The maximum atomic E-state index is 11.0. The molecule has 0 aliphatic rings. The predicted molar refractivity (Wildman–Crippen MR) is 79.0 cm³/mol. The Hall–Kier alpha value is -1.40. The molecule has 0 aliphatic heterocycles. The molecule has 0 saturated carbocycles. The van der Waals surface area contributed by atoms with Crippen LogP contribution in [0.5, 0.6) is 0 Å². The first-order chi connectivity index (χ1) is 9.28. The Balaban J connectivity index is 1.73. The Labute approximate surface area is 120 Å². The zero-order valence-electron chi connectivity index (χ0n) is 10.7. The molecule has 2 heterocycles. The van der Waals surface area contributed by atoms with Gasteiger partial charge in [-0.1, -0.05) is 6.07 Å². The highest BCUT2D eigenvalue weighted by Gasteiger charge is 2.05. The fourth-order valence-corrected chi connectivity index (χ4v) is 3.07. The second-order valence-corrected chi connectivity index (χ2v) is 5.87. The molecule has 0 bridgehead atoms. The number of nitrogens with zero attached hydrogens (tertiary/aromatic N) is 1. The number of esters is 1. The average Bonchev–Trinajstić information content (AvgIpc) is 3.07. The van der Waals surface area contributed by atoms with E-state index in [0.717, 1.165) is 23.8 Å². The highest BCUT2D eigenvalue weighted by atomic mass is 32.1. The van der Waals surface area contributed by atoms with Gasteiger partial charge in [0.15, 0.2) is 5.13 Å². The van der Waals surface area contributed by atoms with Crippen molar-refractivity contribution in [2.75, 3.05) is 19.0 Å². The van der Waals surface area contributed by atoms with E-state index >= 15 is 0 Å². The van der Waals surface area contributed by atoms with E-state index in [0.29, 0.717) is 12.8 Å². The van der Waals surface area contributed by atoms with Crippen LogP contribution in [0.4, 0.5) is 5.13 Å². The zero-order valence-corrected chi connectivity index (χ0v) is 12.4. The highest BCUT2D eigenvalue weighted by molar-refractivity contribution is 7.13. The van der Waals surface area contributed by atoms with Gasteiger partial charge >= 0.3 is 5.97 Å². The number of anilines is 1. The van der Waals surface area contributed by atoms with Crippen molar-refractivity contribution in [3.8, 4) is 0 Å². The molecule has 0 saturated heterocycles. The molecule has 6 heteroatoms. The molecule has 0 amide bonds. The van der Waals surface area contributed by atoms with E-state index in [4.69, 9.17) is 0 Å². The summed E-state index contributed by atoms with van der Waals surface area (Å²) in [5.74, 6) is -0.194. The number of carbonyl (C=O) groups excluding carboxylic acids is 1. The van der Waals surface area contributed by atoms with Crippen LogP contribution in [-0.4, -0.2) is 24.6 Å². The Kier molecular flexibility index (Phi) is 5.35. The largest absolute Gasteiger partial charge is 0.469 e. The lowest BCUT2D eigenvalue weighted by Crippen LogP contribution is -2.04. The number of carbonyl (C=O) groups is 1. The minimum Gasteiger partial charge on any atom is -0.469 e. The summed E-state index contributed by atoms with van der Waals surface area (Å²) < 4.78 is 4.61. The second-order valence-electron chi connectivity index (χ2n) is 3.98. The van der Waals surface area contributed by atoms with Crippen LogP contribution in [0.3, 0.4) is 0 Å². The van der Waals surface area contributed by atoms with E-state index in [9.17, 15) is 4.79 Å². The summed E-state index contributed by atoms with van der Waals surface area (Å²) in [6.07, 6.45) is 2.03. The van der Waals surface area contributed by atoms with Gasteiger partial charge in [0, 0.05) is 23.2 Å². The summed E-state index contributed by atoms with van der Waals surface area (Å²) in [7, 11) is 1.40. The van der Waals surface area contributed by atoms with Gasteiger partial charge in [0.2, 0.25) is 0 Å². The van der Waals surface area contributed by atoms with Crippen molar-refractivity contribution < 1.29 is 9.53 Å². The first-order valence-electron chi connectivity index (χ1n) is 6.05. The molecule has 0 aromatic carbocycles. The third-order valence-corrected chi connectivity index (χ3v) is 4.38. The van der Waals surface area contributed by atoms with Crippen LogP contribution in [0.1, 0.15) is 17.0 Å². The fourth-order valence-electron chi connectivity index (χ4n) is 1.58. The van der Waals surface area contributed by atoms with Crippen molar-refractivity contribution >= 4 is 33.8 Å². The summed E-state index contributed by atoms with van der Waals surface area (Å²) in [6.45, 7) is 0.879. The molecule has 4 nitrogen and oxygen atoms in total. The third kappa shape index (κ3) is 4.65. The Bertz CT molecular complexity index is 508. The maximum Gasteiger partial charge on any atom is 0.305 e. The number of thiazole rings is 1. The predicted octanol–water partition coefficient (Wildman–Crippen LogP) is 2.96. The Morgan fingerprint density at radius 3 is 3.05 bits per heavy atom. The van der Waals surface area contributed by atoms with E-state index in [1.807, 2.05) is 5.38 Å². The lowest BCUT2D eigenvalue weighted by atomic mass is 10.2. The van der Waals surface area contributed by atoms with E-state index in [1.165, 1.54) is 12.0 Å². The zero-order chi connectivity index (χ0) is 13.5. The van der Waals surface area contributed by atoms with Gasteiger partial charge in [-0.3, -0.25) is 4.79 Å². The van der Waals surface area contributed by atoms with Crippen LogP contribution in [0.25, 0.3) is 0 Å². The monoisotopic (exact) mass is 296 g/mol. The molecule has 102 valence electrons. The van der Waals surface area contributed by atoms with Gasteiger partial charge in [0.25, 0.3) is 0 Å². The summed E-state index contributed by atoms with van der Waals surface area (Å²) in [5.41, 5.74) is 0.939. The van der Waals surface area contributed by atoms with Crippen molar-refractivity contribution in [3.63, 3.8) is 0 Å². The third-order valence-electron chi connectivity index (χ3n) is 2.59. The van der Waals surface area contributed by atoms with Crippen LogP contribution in [0.2, 0.25) is 0 Å². The molecule has 2 aromatic rings. The highest BCUT2D eigenvalue weighted by Crippen LogP contribution is 2.17. The number of methoxy groups -OCH3 is 1. The average molecular weight is 296 g/mol. The number of hydrogen-bond donors (Lipinski definition) is 1. The van der Waals surface area contributed by atoms with Gasteiger partial charge < -0.3 is 10.1 Å². The first-order valence-corrected chi connectivity index (χ1v) is 7.81. The number of ether oxygens (including phenoxy) is 1. The van der Waals surface area contributed by atoms with Crippen LogP contribution in [-0.2, 0) is 22.4 Å². The molecular formula is C13H16N2O2S2. The lowest BCUT2D eigenvalue weighted by molar-refractivity contribution is -0.140. The molecular weight excluding hydrogens is 280 g/mol. The van der Waals surface area contributed by atoms with Crippen LogP contribution < -0.4 is 5.32 Å². The van der Waals surface area contributed by atoms with Crippen molar-refractivity contribution in [2.24, 2.45) is 0 Å². The second kappa shape index (κ2) is 7.25. The summed E-state index contributed by atoms with van der Waals surface area (Å²) in [6, 6.07) is 4.20. The summed E-state index contributed by atoms with van der Waals surface area (Å²) >= 11 is 3.34. The lowest BCUT2D eigenvalue weighted by Gasteiger charge is -2.00. The standard InChI is InChI=1S/C13H16N2O2S2/c1-17-12(16)5-4-10-9-19-13(15-10)14-7-6-11-3-2-8-18-11/h2-3,8-9H,4-7H2,1H3,(H,14,15). The molecule has 0 spiro atoms. The van der Waals surface area contributed by atoms with Gasteiger partial charge in [-0.25, -0.2) is 4.98 Å². The molecule has 0 unspecified atom stereocenters. The van der Waals surface area contributed by atoms with Gasteiger partial charge in [-0.05, 0) is 17.9 Å². The smallest absolute Gasteiger partial charge is 0.305 e. The number of rotatable bonds is 7. The minimum absolute atomic E-state index is 0.194. The molecule has 0 aliphatic carbocycles. The van der Waals surface area contributed by atoms with E-state index in [2.05, 4.69) is 32.6 Å². The van der Waals surface area contributed by atoms with E-state index < -0.39 is 0 Å². The van der Waals surface area contributed by atoms with Crippen LogP contribution in [0, 0.1) is 0 Å². The number of hydrogen-bond acceptors (Lipinski definition) is 6. The van der Waals surface area contributed by atoms with Crippen LogP contribution in [0.15, 0.2) is 22.9 Å². The van der Waals surface area contributed by atoms with Gasteiger partial charge in [-0.2, -0.15) is 0 Å². The van der Waals surface area contributed by atoms with Crippen molar-refractivity contribution in [3.05, 3.63) is 33.5 Å². The number of thiophene rings is 1. The van der Waals surface area contributed by atoms with Crippen LogP contribution >= 0.6 is 22.7 Å². The Morgan fingerprint density at radius 2 is 2.32 bits per heavy atom. The van der Waals surface area contributed by atoms with E-state index in [-0.39, 0.29) is 5.97 Å². The SMILES string of the molecule is COC(=O)CCc1csc(NCCc2cccs2)n1. The first kappa shape index (κ1) is 14.0. The molecule has 1 N–H and O–H groups in total. The maximum absolute atomic E-state index is 11.0. The number of nitrogens with one attached hydrogen (secondary N) is 1. The van der Waals surface area contributed by atoms with Crippen molar-refractivity contribution in [2.45, 2.75) is 19.3 Å². The Morgan fingerprint density at radius 1 is 1.42 bits per heavy atom. The van der Waals surface area contributed by atoms with E-state index in [1.54, 1.807) is 22.7 Å². The van der Waals surface area contributed by atoms with Gasteiger partial charge in [0.1, 0.15) is 0 Å². The summed E-state index contributed by atoms with van der Waals surface area (Å²) in [5, 5.41) is 8.29. The molecule has 0 atom stereocenters. The normalized spacial score (nSPS) is 10.4. The molecule has 19 heavy (non-hydrogen) atoms. The molecule has 0 fully saturated rings. The van der Waals surface area contributed by atoms with Crippen molar-refractivity contribution in [1.29, 1.82) is 0 Å². The number of aryl methyl sites for hydroxylation is 1. The topological polar surface area (TPSA) is 51.2 Å². The number of aromatic nitrogens is 1. The van der Waals surface area contributed by atoms with Gasteiger partial charge in [0.05, 0.1) is 19.2 Å². The minimum atomic E-state index is -0.194. The quantitative estimate of drug-likeness (QED) is 0.798.